The van der Waals surface area contributed by atoms with E-state index in [1.165, 1.54) is 30.6 Å². The molecular weight excluding hydrogens is 394 g/mol. The summed E-state index contributed by atoms with van der Waals surface area (Å²) >= 11 is 1.35. The molecule has 1 aliphatic carbocycles. The zero-order valence-corrected chi connectivity index (χ0v) is 18.0. The van der Waals surface area contributed by atoms with Crippen molar-refractivity contribution in [2.45, 2.75) is 45.4 Å². The lowest BCUT2D eigenvalue weighted by Gasteiger charge is -2.25. The summed E-state index contributed by atoms with van der Waals surface area (Å²) in [5, 5.41) is 3.75. The van der Waals surface area contributed by atoms with E-state index in [9.17, 15) is 13.2 Å². The molecule has 1 amide bonds. The summed E-state index contributed by atoms with van der Waals surface area (Å²) in [4.78, 5) is 18.1. The van der Waals surface area contributed by atoms with Crippen LogP contribution in [0.4, 0.5) is 10.8 Å². The number of benzene rings is 1. The van der Waals surface area contributed by atoms with E-state index in [1.807, 2.05) is 30.3 Å². The minimum atomic E-state index is -3.65. The summed E-state index contributed by atoms with van der Waals surface area (Å²) < 4.78 is 25.6. The van der Waals surface area contributed by atoms with Gasteiger partial charge in [0.1, 0.15) is 5.69 Å². The van der Waals surface area contributed by atoms with Crippen LogP contribution in [0.2, 0.25) is 0 Å². The Bertz CT molecular complexity index is 904. The molecule has 0 aliphatic heterocycles. The molecule has 0 radical (unpaired) electrons. The van der Waals surface area contributed by atoms with Crippen LogP contribution < -0.4 is 5.32 Å². The molecule has 1 aliphatic rings. The number of carbonyl (C=O) groups excluding carboxylic acids is 1. The van der Waals surface area contributed by atoms with E-state index in [4.69, 9.17) is 0 Å². The van der Waals surface area contributed by atoms with Gasteiger partial charge in [-0.2, -0.15) is 0 Å². The van der Waals surface area contributed by atoms with Gasteiger partial charge in [-0.15, -0.1) is 11.3 Å². The van der Waals surface area contributed by atoms with Crippen molar-refractivity contribution in [2.75, 3.05) is 18.1 Å². The fourth-order valence-corrected chi connectivity index (χ4v) is 5.26. The third kappa shape index (κ3) is 5.32. The summed E-state index contributed by atoms with van der Waals surface area (Å²) in [6.07, 6.45) is 7.68. The van der Waals surface area contributed by atoms with Gasteiger partial charge in [0, 0.05) is 17.1 Å². The second kappa shape index (κ2) is 9.05. The number of sulfonamides is 1. The molecule has 2 aromatic rings. The van der Waals surface area contributed by atoms with Gasteiger partial charge in [0.05, 0.1) is 6.26 Å². The smallest absolute Gasteiger partial charge is 0.287 e. The van der Waals surface area contributed by atoms with E-state index >= 15 is 0 Å². The van der Waals surface area contributed by atoms with Crippen molar-refractivity contribution in [1.82, 2.24) is 9.29 Å². The van der Waals surface area contributed by atoms with Gasteiger partial charge >= 0.3 is 0 Å². The normalized spacial score (nSPS) is 15.4. The Kier molecular flexibility index (Phi) is 6.72. The van der Waals surface area contributed by atoms with Crippen LogP contribution in [0, 0.1) is 12.8 Å². The molecule has 1 fully saturated rings. The van der Waals surface area contributed by atoms with Crippen LogP contribution in [0.1, 0.15) is 53.9 Å². The molecule has 8 heteroatoms. The maximum Gasteiger partial charge on any atom is 0.287 e. The highest BCUT2D eigenvalue weighted by Gasteiger charge is 2.29. The summed E-state index contributed by atoms with van der Waals surface area (Å²) in [5.41, 5.74) is 1.07. The molecule has 0 unspecified atom stereocenters. The minimum absolute atomic E-state index is 0.206. The summed E-state index contributed by atoms with van der Waals surface area (Å²) in [7, 11) is -3.65. The van der Waals surface area contributed by atoms with Crippen molar-refractivity contribution in [1.29, 1.82) is 0 Å². The summed E-state index contributed by atoms with van der Waals surface area (Å²) in [6, 6.07) is 9.55. The molecule has 1 N–H and O–H groups in total. The second-order valence-corrected chi connectivity index (χ2v) is 10.5. The maximum absolute atomic E-state index is 13.0. The Morgan fingerprint density at radius 3 is 2.54 bits per heavy atom. The third-order valence-corrected chi connectivity index (χ3v) is 7.15. The van der Waals surface area contributed by atoms with Crippen LogP contribution in [-0.4, -0.2) is 36.4 Å². The van der Waals surface area contributed by atoms with E-state index in [0.717, 1.165) is 35.5 Å². The van der Waals surface area contributed by atoms with Gasteiger partial charge in [-0.1, -0.05) is 50.3 Å². The molecule has 0 saturated heterocycles. The Labute approximate surface area is 171 Å². The van der Waals surface area contributed by atoms with Gasteiger partial charge in [-0.3, -0.25) is 4.79 Å². The standard InChI is InChI=1S/C20H27N3O3S2/c1-15-18(22-20(27-15)21-17-11-7-4-8-12-17)19(24)23(28(2,25)26)14-13-16-9-5-3-6-10-16/h4,7-8,11-12,16H,3,5-6,9-10,13-14H2,1-2H3,(H,21,22). The Morgan fingerprint density at radius 2 is 1.89 bits per heavy atom. The highest BCUT2D eigenvalue weighted by molar-refractivity contribution is 7.88. The number of thiazole rings is 1. The second-order valence-electron chi connectivity index (χ2n) is 7.35. The molecule has 0 bridgehead atoms. The molecule has 1 heterocycles. The van der Waals surface area contributed by atoms with E-state index < -0.39 is 15.9 Å². The van der Waals surface area contributed by atoms with E-state index in [2.05, 4.69) is 10.3 Å². The Hall–Kier alpha value is -1.93. The quantitative estimate of drug-likeness (QED) is 0.708. The first-order chi connectivity index (χ1) is 13.3. The number of hydrogen-bond acceptors (Lipinski definition) is 6. The predicted octanol–water partition coefficient (Wildman–Crippen LogP) is 4.57. The minimum Gasteiger partial charge on any atom is -0.332 e. The average Bonchev–Trinajstić information content (AvgIpc) is 3.02. The fourth-order valence-electron chi connectivity index (χ4n) is 3.61. The topological polar surface area (TPSA) is 79.4 Å². The van der Waals surface area contributed by atoms with Crippen LogP contribution in [0.15, 0.2) is 30.3 Å². The first kappa shape index (κ1) is 20.8. The van der Waals surface area contributed by atoms with Gasteiger partial charge < -0.3 is 5.32 Å². The Morgan fingerprint density at radius 1 is 1.21 bits per heavy atom. The van der Waals surface area contributed by atoms with Crippen molar-refractivity contribution >= 4 is 38.1 Å². The molecule has 6 nitrogen and oxygen atoms in total. The number of aryl methyl sites for hydroxylation is 1. The number of hydrogen-bond donors (Lipinski definition) is 1. The lowest BCUT2D eigenvalue weighted by molar-refractivity contribution is 0.0849. The zero-order valence-electron chi connectivity index (χ0n) is 16.3. The average molecular weight is 422 g/mol. The largest absolute Gasteiger partial charge is 0.332 e. The van der Waals surface area contributed by atoms with E-state index in [1.54, 1.807) is 6.92 Å². The number of para-hydroxylation sites is 1. The van der Waals surface area contributed by atoms with Crippen molar-refractivity contribution < 1.29 is 13.2 Å². The number of carbonyl (C=O) groups is 1. The van der Waals surface area contributed by atoms with Crippen molar-refractivity contribution in [3.05, 3.63) is 40.9 Å². The molecule has 152 valence electrons. The molecular formula is C20H27N3O3S2. The highest BCUT2D eigenvalue weighted by Crippen LogP contribution is 2.29. The van der Waals surface area contributed by atoms with Crippen molar-refractivity contribution in [3.63, 3.8) is 0 Å². The van der Waals surface area contributed by atoms with E-state index in [-0.39, 0.29) is 12.2 Å². The zero-order chi connectivity index (χ0) is 20.1. The predicted molar refractivity (Wildman–Crippen MR) is 114 cm³/mol. The summed E-state index contributed by atoms with van der Waals surface area (Å²) in [6.45, 7) is 2.02. The first-order valence-corrected chi connectivity index (χ1v) is 12.3. The van der Waals surface area contributed by atoms with Crippen LogP contribution in [0.5, 0.6) is 0 Å². The number of rotatable bonds is 7. The summed E-state index contributed by atoms with van der Waals surface area (Å²) in [5.74, 6) is -0.0363. The number of anilines is 2. The van der Waals surface area contributed by atoms with Crippen LogP contribution >= 0.6 is 11.3 Å². The molecule has 1 aromatic carbocycles. The van der Waals surface area contributed by atoms with Gasteiger partial charge in [0.15, 0.2) is 5.13 Å². The molecule has 1 saturated carbocycles. The van der Waals surface area contributed by atoms with Gasteiger partial charge in [-0.05, 0) is 31.4 Å². The van der Waals surface area contributed by atoms with Gasteiger partial charge in [0.25, 0.3) is 5.91 Å². The lowest BCUT2D eigenvalue weighted by Crippen LogP contribution is -2.38. The third-order valence-electron chi connectivity index (χ3n) is 5.12. The fraction of sp³-hybridized carbons (Fsp3) is 0.500. The number of nitrogens with one attached hydrogen (secondary N) is 1. The molecule has 3 rings (SSSR count). The van der Waals surface area contributed by atoms with Crippen LogP contribution in [0.3, 0.4) is 0 Å². The molecule has 28 heavy (non-hydrogen) atoms. The van der Waals surface area contributed by atoms with Crippen molar-refractivity contribution in [2.24, 2.45) is 5.92 Å². The molecule has 0 atom stereocenters. The first-order valence-electron chi connectivity index (χ1n) is 9.66. The van der Waals surface area contributed by atoms with Crippen LogP contribution in [0.25, 0.3) is 0 Å². The monoisotopic (exact) mass is 421 g/mol. The maximum atomic E-state index is 13.0. The van der Waals surface area contributed by atoms with E-state index in [0.29, 0.717) is 15.9 Å². The van der Waals surface area contributed by atoms with Crippen LogP contribution in [-0.2, 0) is 10.0 Å². The van der Waals surface area contributed by atoms with Crippen molar-refractivity contribution in [3.8, 4) is 0 Å². The van der Waals surface area contributed by atoms with Gasteiger partial charge in [-0.25, -0.2) is 17.7 Å². The van der Waals surface area contributed by atoms with Gasteiger partial charge in [0.2, 0.25) is 10.0 Å². The SMILES string of the molecule is Cc1sc(Nc2ccccc2)nc1C(=O)N(CCC1CCCCC1)S(C)(=O)=O. The Balaban J connectivity index is 1.74. The molecule has 1 aromatic heterocycles. The number of nitrogens with zero attached hydrogens (tertiary/aromatic N) is 2. The highest BCUT2D eigenvalue weighted by atomic mass is 32.2. The lowest BCUT2D eigenvalue weighted by atomic mass is 9.87. The number of aromatic nitrogens is 1. The molecule has 0 spiro atoms. The number of amides is 1.